The molecule has 1 aromatic heterocycles. The maximum Gasteiger partial charge on any atom is 0.321 e. The lowest BCUT2D eigenvalue weighted by Gasteiger charge is -2.06. The smallest absolute Gasteiger partial charge is 0.321 e. The third-order valence-electron chi connectivity index (χ3n) is 2.94. The maximum absolute atomic E-state index is 11.6. The van der Waals surface area contributed by atoms with Crippen LogP contribution in [0.1, 0.15) is 12.2 Å². The SMILES string of the molecule is O=C(COC(=O)CCSc1ccccc1)NC(=O)NCc1ccco1. The van der Waals surface area contributed by atoms with Gasteiger partial charge in [-0.2, -0.15) is 0 Å². The molecule has 2 rings (SSSR count). The first kappa shape index (κ1) is 18.6. The molecule has 25 heavy (non-hydrogen) atoms. The minimum Gasteiger partial charge on any atom is -0.467 e. The van der Waals surface area contributed by atoms with Crippen molar-refractivity contribution in [3.05, 3.63) is 54.5 Å². The number of esters is 1. The summed E-state index contributed by atoms with van der Waals surface area (Å²) in [6, 6.07) is 12.4. The quantitative estimate of drug-likeness (QED) is 0.552. The number of hydrogen-bond acceptors (Lipinski definition) is 6. The van der Waals surface area contributed by atoms with Crippen molar-refractivity contribution in [1.29, 1.82) is 0 Å². The van der Waals surface area contributed by atoms with Crippen LogP contribution in [-0.2, 0) is 20.9 Å². The van der Waals surface area contributed by atoms with Gasteiger partial charge in [0.15, 0.2) is 6.61 Å². The number of nitrogens with one attached hydrogen (secondary N) is 2. The first-order valence-corrected chi connectivity index (χ1v) is 8.55. The predicted octanol–water partition coefficient (Wildman–Crippen LogP) is 2.33. The number of benzene rings is 1. The molecule has 0 saturated carbocycles. The average molecular weight is 362 g/mol. The first-order valence-electron chi connectivity index (χ1n) is 7.57. The third-order valence-corrected chi connectivity index (χ3v) is 3.95. The Kier molecular flexibility index (Phi) is 7.58. The Morgan fingerprint density at radius 2 is 1.88 bits per heavy atom. The topological polar surface area (TPSA) is 97.6 Å². The highest BCUT2D eigenvalue weighted by Gasteiger charge is 2.11. The summed E-state index contributed by atoms with van der Waals surface area (Å²) in [4.78, 5) is 35.7. The van der Waals surface area contributed by atoms with Gasteiger partial charge < -0.3 is 14.5 Å². The fourth-order valence-electron chi connectivity index (χ4n) is 1.77. The van der Waals surface area contributed by atoms with Gasteiger partial charge in [-0.15, -0.1) is 11.8 Å². The van der Waals surface area contributed by atoms with E-state index in [1.54, 1.807) is 12.1 Å². The van der Waals surface area contributed by atoms with Crippen LogP contribution < -0.4 is 10.6 Å². The summed E-state index contributed by atoms with van der Waals surface area (Å²) < 4.78 is 9.87. The molecule has 2 N–H and O–H groups in total. The van der Waals surface area contributed by atoms with E-state index in [-0.39, 0.29) is 13.0 Å². The van der Waals surface area contributed by atoms with Crippen LogP contribution in [-0.4, -0.2) is 30.3 Å². The van der Waals surface area contributed by atoms with Crippen molar-refractivity contribution < 1.29 is 23.5 Å². The molecule has 0 aliphatic rings. The summed E-state index contributed by atoms with van der Waals surface area (Å²) in [6.07, 6.45) is 1.66. The number of urea groups is 1. The Morgan fingerprint density at radius 3 is 2.60 bits per heavy atom. The number of furan rings is 1. The lowest BCUT2D eigenvalue weighted by atomic mass is 10.4. The van der Waals surface area contributed by atoms with Gasteiger partial charge in [-0.3, -0.25) is 14.9 Å². The van der Waals surface area contributed by atoms with Crippen molar-refractivity contribution in [2.75, 3.05) is 12.4 Å². The zero-order valence-electron chi connectivity index (χ0n) is 13.4. The van der Waals surface area contributed by atoms with Crippen molar-refractivity contribution in [3.63, 3.8) is 0 Å². The molecular weight excluding hydrogens is 344 g/mol. The van der Waals surface area contributed by atoms with Crippen LogP contribution in [0, 0.1) is 0 Å². The molecule has 1 aromatic carbocycles. The van der Waals surface area contributed by atoms with E-state index in [0.717, 1.165) is 4.90 Å². The predicted molar refractivity (Wildman–Crippen MR) is 91.8 cm³/mol. The van der Waals surface area contributed by atoms with Gasteiger partial charge in [0, 0.05) is 10.6 Å². The van der Waals surface area contributed by atoms with Crippen molar-refractivity contribution >= 4 is 29.7 Å². The van der Waals surface area contributed by atoms with Crippen molar-refractivity contribution in [2.24, 2.45) is 0 Å². The van der Waals surface area contributed by atoms with E-state index < -0.39 is 24.5 Å². The second kappa shape index (κ2) is 10.2. The molecule has 7 nitrogen and oxygen atoms in total. The van der Waals surface area contributed by atoms with Crippen molar-refractivity contribution in [3.8, 4) is 0 Å². The molecule has 1 heterocycles. The lowest BCUT2D eigenvalue weighted by molar-refractivity contribution is -0.147. The minimum atomic E-state index is -0.694. The summed E-state index contributed by atoms with van der Waals surface area (Å²) >= 11 is 1.52. The van der Waals surface area contributed by atoms with Crippen LogP contribution in [0.25, 0.3) is 0 Å². The normalized spacial score (nSPS) is 10.1. The highest BCUT2D eigenvalue weighted by molar-refractivity contribution is 7.99. The molecule has 0 unspecified atom stereocenters. The van der Waals surface area contributed by atoms with Crippen LogP contribution in [0.15, 0.2) is 58.0 Å². The zero-order chi connectivity index (χ0) is 17.9. The van der Waals surface area contributed by atoms with E-state index in [2.05, 4.69) is 10.6 Å². The number of thioether (sulfide) groups is 1. The van der Waals surface area contributed by atoms with Crippen LogP contribution >= 0.6 is 11.8 Å². The first-order chi connectivity index (χ1) is 12.1. The van der Waals surface area contributed by atoms with Gasteiger partial charge in [0.2, 0.25) is 0 Å². The molecule has 8 heteroatoms. The Labute approximate surface area is 149 Å². The standard InChI is InChI=1S/C17H18N2O5S/c20-15(19-17(22)18-11-13-5-4-9-23-13)12-24-16(21)8-10-25-14-6-2-1-3-7-14/h1-7,9H,8,10-12H2,(H2,18,19,20,22). The monoisotopic (exact) mass is 362 g/mol. The second-order valence-electron chi connectivity index (χ2n) is 4.88. The minimum absolute atomic E-state index is 0.155. The molecular formula is C17H18N2O5S. The van der Waals surface area contributed by atoms with Gasteiger partial charge in [0.1, 0.15) is 5.76 Å². The van der Waals surface area contributed by atoms with Crippen LogP contribution in [0.3, 0.4) is 0 Å². The largest absolute Gasteiger partial charge is 0.467 e. The molecule has 2 aromatic rings. The summed E-state index contributed by atoms with van der Waals surface area (Å²) in [7, 11) is 0. The molecule has 0 aliphatic carbocycles. The van der Waals surface area contributed by atoms with E-state index in [1.807, 2.05) is 30.3 Å². The number of amides is 3. The maximum atomic E-state index is 11.6. The van der Waals surface area contributed by atoms with Gasteiger partial charge in [-0.1, -0.05) is 18.2 Å². The summed E-state index contributed by atoms with van der Waals surface area (Å²) in [5.41, 5.74) is 0. The number of carbonyl (C=O) groups excluding carboxylic acids is 3. The molecule has 0 fully saturated rings. The van der Waals surface area contributed by atoms with E-state index in [0.29, 0.717) is 11.5 Å². The fourth-order valence-corrected chi connectivity index (χ4v) is 2.63. The van der Waals surface area contributed by atoms with E-state index in [1.165, 1.54) is 18.0 Å². The number of imide groups is 1. The highest BCUT2D eigenvalue weighted by Crippen LogP contribution is 2.17. The Morgan fingerprint density at radius 1 is 1.08 bits per heavy atom. The molecule has 0 saturated heterocycles. The van der Waals surface area contributed by atoms with Crippen LogP contribution in [0.2, 0.25) is 0 Å². The Balaban J connectivity index is 1.55. The average Bonchev–Trinajstić information content (AvgIpc) is 3.13. The Hall–Kier alpha value is -2.74. The molecule has 0 bridgehead atoms. The molecule has 0 atom stereocenters. The second-order valence-corrected chi connectivity index (χ2v) is 6.05. The molecule has 132 valence electrons. The van der Waals surface area contributed by atoms with Crippen LogP contribution in [0.4, 0.5) is 4.79 Å². The van der Waals surface area contributed by atoms with Gasteiger partial charge >= 0.3 is 12.0 Å². The van der Waals surface area contributed by atoms with E-state index in [4.69, 9.17) is 9.15 Å². The van der Waals surface area contributed by atoms with E-state index in [9.17, 15) is 14.4 Å². The van der Waals surface area contributed by atoms with Gasteiger partial charge in [0.05, 0.1) is 19.2 Å². The van der Waals surface area contributed by atoms with Crippen LogP contribution in [0.5, 0.6) is 0 Å². The van der Waals surface area contributed by atoms with Gasteiger partial charge in [-0.25, -0.2) is 4.79 Å². The van der Waals surface area contributed by atoms with Crippen molar-refractivity contribution in [2.45, 2.75) is 17.9 Å². The number of rotatable bonds is 8. The zero-order valence-corrected chi connectivity index (χ0v) is 14.2. The fraction of sp³-hybridized carbons (Fsp3) is 0.235. The van der Waals surface area contributed by atoms with Gasteiger partial charge in [-0.05, 0) is 24.3 Å². The molecule has 0 radical (unpaired) electrons. The number of carbonyl (C=O) groups is 3. The van der Waals surface area contributed by atoms with Gasteiger partial charge in [0.25, 0.3) is 5.91 Å². The van der Waals surface area contributed by atoms with Crippen molar-refractivity contribution in [1.82, 2.24) is 10.6 Å². The number of hydrogen-bond donors (Lipinski definition) is 2. The molecule has 0 spiro atoms. The summed E-state index contributed by atoms with van der Waals surface area (Å²) in [5.74, 6) is -0.0748. The summed E-state index contributed by atoms with van der Waals surface area (Å²) in [5, 5.41) is 4.51. The lowest BCUT2D eigenvalue weighted by Crippen LogP contribution is -2.41. The highest BCUT2D eigenvalue weighted by atomic mass is 32.2. The third kappa shape index (κ3) is 7.58. The van der Waals surface area contributed by atoms with E-state index >= 15 is 0 Å². The molecule has 3 amide bonds. The summed E-state index contributed by atoms with van der Waals surface area (Å²) in [6.45, 7) is -0.342. The molecule has 0 aliphatic heterocycles. The number of ether oxygens (including phenoxy) is 1. The Bertz CT molecular complexity index is 688.